The summed E-state index contributed by atoms with van der Waals surface area (Å²) >= 11 is 0. The summed E-state index contributed by atoms with van der Waals surface area (Å²) in [5, 5.41) is 2.78. The summed E-state index contributed by atoms with van der Waals surface area (Å²) in [4.78, 5) is 39.5. The molecule has 0 atom stereocenters. The van der Waals surface area contributed by atoms with E-state index in [1.165, 1.54) is 7.05 Å². The van der Waals surface area contributed by atoms with Crippen molar-refractivity contribution < 1.29 is 19.1 Å². The minimum atomic E-state index is -0.859. The second-order valence-corrected chi connectivity index (χ2v) is 7.88. The number of nitrogens with zero attached hydrogens (tertiary/aromatic N) is 2. The van der Waals surface area contributed by atoms with Gasteiger partial charge in [-0.25, -0.2) is 4.79 Å². The molecule has 0 saturated carbocycles. The number of hydrogen-bond acceptors (Lipinski definition) is 4. The number of ether oxygens (including phenoxy) is 1. The number of amides is 4. The van der Waals surface area contributed by atoms with Crippen LogP contribution in [-0.4, -0.2) is 53.3 Å². The molecule has 4 amide bonds. The highest BCUT2D eigenvalue weighted by molar-refractivity contribution is 6.07. The third-order valence-corrected chi connectivity index (χ3v) is 5.84. The number of likely N-dealkylation sites (N-methyl/N-ethyl adjacent to an activating group) is 1. The normalized spacial score (nSPS) is 18.0. The van der Waals surface area contributed by atoms with Crippen LogP contribution in [-0.2, 0) is 16.2 Å². The van der Waals surface area contributed by atoms with Crippen molar-refractivity contribution in [3.05, 3.63) is 71.8 Å². The Morgan fingerprint density at radius 1 is 1.06 bits per heavy atom. The molecule has 31 heavy (non-hydrogen) atoms. The van der Waals surface area contributed by atoms with Gasteiger partial charge in [-0.1, -0.05) is 42.5 Å². The lowest BCUT2D eigenvalue weighted by Gasteiger charge is -2.36. The average Bonchev–Trinajstić information content (AvgIpc) is 3.01. The van der Waals surface area contributed by atoms with Gasteiger partial charge in [-0.2, -0.15) is 0 Å². The van der Waals surface area contributed by atoms with E-state index < -0.39 is 5.54 Å². The maximum absolute atomic E-state index is 12.5. The fourth-order valence-corrected chi connectivity index (χ4v) is 3.89. The van der Waals surface area contributed by atoms with Crippen molar-refractivity contribution in [2.75, 3.05) is 20.1 Å². The van der Waals surface area contributed by atoms with Gasteiger partial charge in [0.2, 0.25) is 5.91 Å². The maximum Gasteiger partial charge on any atom is 0.324 e. The summed E-state index contributed by atoms with van der Waals surface area (Å²) in [5.41, 5.74) is 1.14. The van der Waals surface area contributed by atoms with Gasteiger partial charge in [0.25, 0.3) is 5.91 Å². The standard InChI is InChI=1S/C24H25N3O4/c1-26-22(29)24(25-23(26)30)13-15-27(16-14-24)21(28)12-9-18-7-10-20(11-8-18)31-17-19-5-3-2-4-6-19/h2-12H,13-17H2,1H3,(H,25,30)/b12-9+. The number of nitrogens with one attached hydrogen (secondary N) is 1. The molecule has 2 saturated heterocycles. The molecular weight excluding hydrogens is 394 g/mol. The molecule has 1 spiro atoms. The summed E-state index contributed by atoms with van der Waals surface area (Å²) in [5.74, 6) is 0.445. The predicted molar refractivity (Wildman–Crippen MR) is 116 cm³/mol. The van der Waals surface area contributed by atoms with Gasteiger partial charge in [0, 0.05) is 26.2 Å². The van der Waals surface area contributed by atoms with Crippen molar-refractivity contribution in [1.29, 1.82) is 0 Å². The predicted octanol–water partition coefficient (Wildman–Crippen LogP) is 2.82. The van der Waals surface area contributed by atoms with Crippen LogP contribution in [0.2, 0.25) is 0 Å². The second-order valence-electron chi connectivity index (χ2n) is 7.88. The summed E-state index contributed by atoms with van der Waals surface area (Å²) < 4.78 is 5.78. The Morgan fingerprint density at radius 2 is 1.74 bits per heavy atom. The van der Waals surface area contributed by atoms with Gasteiger partial charge < -0.3 is 15.0 Å². The molecule has 2 aliphatic heterocycles. The molecule has 2 aliphatic rings. The molecule has 2 aromatic carbocycles. The molecule has 0 aliphatic carbocycles. The van der Waals surface area contributed by atoms with Crippen LogP contribution in [0.25, 0.3) is 6.08 Å². The zero-order valence-corrected chi connectivity index (χ0v) is 17.4. The first-order chi connectivity index (χ1) is 15.0. The Balaban J connectivity index is 1.28. The van der Waals surface area contributed by atoms with E-state index in [9.17, 15) is 14.4 Å². The smallest absolute Gasteiger partial charge is 0.324 e. The first kappa shape index (κ1) is 20.7. The monoisotopic (exact) mass is 419 g/mol. The van der Waals surface area contributed by atoms with E-state index in [1.54, 1.807) is 17.1 Å². The number of carbonyl (C=O) groups is 3. The van der Waals surface area contributed by atoms with E-state index in [-0.39, 0.29) is 17.8 Å². The highest BCUT2D eigenvalue weighted by Gasteiger charge is 2.51. The third-order valence-electron chi connectivity index (χ3n) is 5.84. The quantitative estimate of drug-likeness (QED) is 0.597. The van der Waals surface area contributed by atoms with E-state index in [0.29, 0.717) is 32.5 Å². The van der Waals surface area contributed by atoms with Crippen LogP contribution >= 0.6 is 0 Å². The van der Waals surface area contributed by atoms with E-state index in [4.69, 9.17) is 4.74 Å². The molecule has 0 unspecified atom stereocenters. The second kappa shape index (κ2) is 8.63. The van der Waals surface area contributed by atoms with Crippen molar-refractivity contribution in [3.8, 4) is 5.75 Å². The van der Waals surface area contributed by atoms with Crippen molar-refractivity contribution >= 4 is 23.9 Å². The van der Waals surface area contributed by atoms with Crippen molar-refractivity contribution in [2.24, 2.45) is 0 Å². The fraction of sp³-hybridized carbons (Fsp3) is 0.292. The molecule has 0 aromatic heterocycles. The first-order valence-electron chi connectivity index (χ1n) is 10.3. The number of benzene rings is 2. The van der Waals surface area contributed by atoms with Crippen molar-refractivity contribution in [1.82, 2.24) is 15.1 Å². The van der Waals surface area contributed by atoms with E-state index in [2.05, 4.69) is 5.32 Å². The number of hydrogen-bond donors (Lipinski definition) is 1. The van der Waals surface area contributed by atoms with Crippen LogP contribution < -0.4 is 10.1 Å². The molecule has 2 aromatic rings. The molecule has 1 N–H and O–H groups in total. The Hall–Kier alpha value is -3.61. The minimum Gasteiger partial charge on any atom is -0.489 e. The Kier molecular flexibility index (Phi) is 5.75. The average molecular weight is 419 g/mol. The van der Waals surface area contributed by atoms with Gasteiger partial charge in [-0.15, -0.1) is 0 Å². The molecule has 4 rings (SSSR count). The van der Waals surface area contributed by atoms with E-state index >= 15 is 0 Å². The Bertz CT molecular complexity index is 993. The lowest BCUT2D eigenvalue weighted by atomic mass is 9.87. The largest absolute Gasteiger partial charge is 0.489 e. The third kappa shape index (κ3) is 4.45. The van der Waals surface area contributed by atoms with Crippen molar-refractivity contribution in [3.63, 3.8) is 0 Å². The molecule has 0 bridgehead atoms. The summed E-state index contributed by atoms with van der Waals surface area (Å²) in [7, 11) is 1.48. The molecule has 7 nitrogen and oxygen atoms in total. The summed E-state index contributed by atoms with van der Waals surface area (Å²) in [6.07, 6.45) is 4.16. The highest BCUT2D eigenvalue weighted by Crippen LogP contribution is 2.29. The van der Waals surface area contributed by atoms with Crippen LogP contribution in [0.4, 0.5) is 4.79 Å². The van der Waals surface area contributed by atoms with E-state index in [0.717, 1.165) is 21.8 Å². The summed E-state index contributed by atoms with van der Waals surface area (Å²) in [6.45, 7) is 1.36. The molecule has 0 radical (unpaired) electrons. The zero-order valence-electron chi connectivity index (χ0n) is 17.4. The molecule has 7 heteroatoms. The first-order valence-corrected chi connectivity index (χ1v) is 10.3. The fourth-order valence-electron chi connectivity index (χ4n) is 3.89. The van der Waals surface area contributed by atoms with Crippen molar-refractivity contribution in [2.45, 2.75) is 25.0 Å². The van der Waals surface area contributed by atoms with Gasteiger partial charge in [0.15, 0.2) is 0 Å². The number of urea groups is 1. The zero-order chi connectivity index (χ0) is 21.8. The van der Waals surface area contributed by atoms with Gasteiger partial charge in [0.05, 0.1) is 0 Å². The molecule has 2 fully saturated rings. The van der Waals surface area contributed by atoms with Crippen LogP contribution in [0, 0.1) is 0 Å². The SMILES string of the molecule is CN1C(=O)NC2(CCN(C(=O)/C=C/c3ccc(OCc4ccccc4)cc3)CC2)C1=O. The van der Waals surface area contributed by atoms with Gasteiger partial charge in [-0.05, 0) is 42.2 Å². The van der Waals surface area contributed by atoms with Crippen LogP contribution in [0.5, 0.6) is 5.75 Å². The topological polar surface area (TPSA) is 79.0 Å². The number of imide groups is 1. The Morgan fingerprint density at radius 3 is 2.35 bits per heavy atom. The van der Waals surface area contributed by atoms with E-state index in [1.807, 2.05) is 54.6 Å². The molecule has 160 valence electrons. The number of carbonyl (C=O) groups excluding carboxylic acids is 3. The number of piperidine rings is 1. The van der Waals surface area contributed by atoms with Crippen LogP contribution in [0.3, 0.4) is 0 Å². The van der Waals surface area contributed by atoms with Gasteiger partial charge >= 0.3 is 6.03 Å². The lowest BCUT2D eigenvalue weighted by molar-refractivity contribution is -0.135. The number of likely N-dealkylation sites (tertiary alicyclic amines) is 1. The van der Waals surface area contributed by atoms with Gasteiger partial charge in [0.1, 0.15) is 17.9 Å². The Labute approximate surface area is 181 Å². The van der Waals surface area contributed by atoms with Crippen LogP contribution in [0.1, 0.15) is 24.0 Å². The molecule has 2 heterocycles. The lowest BCUT2D eigenvalue weighted by Crippen LogP contribution is -2.55. The maximum atomic E-state index is 12.5. The van der Waals surface area contributed by atoms with Crippen LogP contribution in [0.15, 0.2) is 60.7 Å². The minimum absolute atomic E-state index is 0.107. The molecular formula is C24H25N3O4. The number of rotatable bonds is 5. The van der Waals surface area contributed by atoms with Gasteiger partial charge in [-0.3, -0.25) is 14.5 Å². The summed E-state index contributed by atoms with van der Waals surface area (Å²) in [6, 6.07) is 17.1. The highest BCUT2D eigenvalue weighted by atomic mass is 16.5.